The molecule has 1 N–H and O–H groups in total. The Kier molecular flexibility index (Phi) is 6.63. The number of aliphatic hydroxyl groups excluding tert-OH is 1. The Labute approximate surface area is 169 Å². The zero-order valence-corrected chi connectivity index (χ0v) is 16.8. The predicted octanol–water partition coefficient (Wildman–Crippen LogP) is 2.83. The van der Waals surface area contributed by atoms with Gasteiger partial charge in [-0.2, -0.15) is 0 Å². The second kappa shape index (κ2) is 9.55. The van der Waals surface area contributed by atoms with Gasteiger partial charge in [0.15, 0.2) is 0 Å². The summed E-state index contributed by atoms with van der Waals surface area (Å²) in [5.74, 6) is 0.593. The summed E-state index contributed by atoms with van der Waals surface area (Å²) in [4.78, 5) is 7.57. The molecule has 150 valence electrons. The summed E-state index contributed by atoms with van der Waals surface area (Å²) in [7, 11) is 0. The molecule has 0 amide bonds. The summed E-state index contributed by atoms with van der Waals surface area (Å²) in [6, 6.07) is 20.0. The van der Waals surface area contributed by atoms with Crippen LogP contribution in [0, 0.1) is 0 Å². The second-order valence-electron chi connectivity index (χ2n) is 8.13. The Morgan fingerprint density at radius 3 is 2.21 bits per heavy atom. The molecule has 2 aliphatic heterocycles. The molecule has 4 nitrogen and oxygen atoms in total. The van der Waals surface area contributed by atoms with Gasteiger partial charge >= 0.3 is 0 Å². The third kappa shape index (κ3) is 4.75. The summed E-state index contributed by atoms with van der Waals surface area (Å²) in [6.45, 7) is 8.75. The number of piperazine rings is 1. The highest BCUT2D eigenvalue weighted by molar-refractivity contribution is 5.55. The van der Waals surface area contributed by atoms with Crippen LogP contribution in [0.25, 0.3) is 0 Å². The van der Waals surface area contributed by atoms with E-state index in [2.05, 4.69) is 69.3 Å². The number of benzene rings is 2. The van der Waals surface area contributed by atoms with Crippen LogP contribution in [0.1, 0.15) is 23.5 Å². The topological polar surface area (TPSA) is 30.0 Å². The minimum atomic E-state index is 0.269. The highest BCUT2D eigenvalue weighted by atomic mass is 16.3. The summed E-state index contributed by atoms with van der Waals surface area (Å²) < 4.78 is 0. The minimum absolute atomic E-state index is 0.269. The molecule has 1 atom stereocenters. The van der Waals surface area contributed by atoms with Crippen molar-refractivity contribution in [3.05, 3.63) is 65.7 Å². The van der Waals surface area contributed by atoms with Crippen molar-refractivity contribution in [3.8, 4) is 0 Å². The fourth-order valence-electron chi connectivity index (χ4n) is 4.67. The Bertz CT molecular complexity index is 728. The lowest BCUT2D eigenvalue weighted by Crippen LogP contribution is -2.49. The van der Waals surface area contributed by atoms with Crippen molar-refractivity contribution >= 4 is 5.69 Å². The number of hydrogen-bond donors (Lipinski definition) is 1. The molecule has 1 fully saturated rings. The van der Waals surface area contributed by atoms with Crippen LogP contribution in [0.2, 0.25) is 0 Å². The van der Waals surface area contributed by atoms with E-state index in [1.165, 1.54) is 23.2 Å². The molecule has 2 aromatic carbocycles. The van der Waals surface area contributed by atoms with E-state index in [1.54, 1.807) is 0 Å². The zero-order chi connectivity index (χ0) is 19.2. The normalized spacial score (nSPS) is 21.3. The number of para-hydroxylation sites is 1. The summed E-state index contributed by atoms with van der Waals surface area (Å²) >= 11 is 0. The summed E-state index contributed by atoms with van der Waals surface area (Å²) in [6.07, 6.45) is 2.38. The van der Waals surface area contributed by atoms with Crippen molar-refractivity contribution < 1.29 is 5.11 Å². The molecule has 2 aliphatic rings. The summed E-state index contributed by atoms with van der Waals surface area (Å²) in [5.41, 5.74) is 4.39. The maximum atomic E-state index is 9.13. The predicted molar refractivity (Wildman–Crippen MR) is 116 cm³/mol. The van der Waals surface area contributed by atoms with Crippen LogP contribution in [0.15, 0.2) is 54.6 Å². The molecule has 0 aromatic heterocycles. The molecule has 1 saturated heterocycles. The number of aliphatic hydroxyl groups is 1. The molecule has 1 unspecified atom stereocenters. The fraction of sp³-hybridized carbons (Fsp3) is 0.500. The van der Waals surface area contributed by atoms with E-state index in [0.29, 0.717) is 5.92 Å². The van der Waals surface area contributed by atoms with Crippen LogP contribution in [0.5, 0.6) is 0 Å². The molecule has 0 bridgehead atoms. The summed E-state index contributed by atoms with van der Waals surface area (Å²) in [5, 5.41) is 9.13. The first-order valence-corrected chi connectivity index (χ1v) is 10.8. The van der Waals surface area contributed by atoms with Crippen molar-refractivity contribution in [2.75, 3.05) is 63.9 Å². The Morgan fingerprint density at radius 2 is 1.46 bits per heavy atom. The maximum absolute atomic E-state index is 9.13. The fourth-order valence-corrected chi connectivity index (χ4v) is 4.67. The van der Waals surface area contributed by atoms with E-state index in [0.717, 1.165) is 58.8 Å². The van der Waals surface area contributed by atoms with E-state index in [-0.39, 0.29) is 6.61 Å². The number of nitrogens with zero attached hydrogens (tertiary/aromatic N) is 3. The van der Waals surface area contributed by atoms with Crippen LogP contribution in [-0.2, 0) is 6.42 Å². The highest BCUT2D eigenvalue weighted by Crippen LogP contribution is 2.32. The first-order chi connectivity index (χ1) is 13.8. The molecule has 4 rings (SSSR count). The van der Waals surface area contributed by atoms with Gasteiger partial charge < -0.3 is 10.0 Å². The van der Waals surface area contributed by atoms with Gasteiger partial charge in [0.1, 0.15) is 0 Å². The Balaban J connectivity index is 1.42. The minimum Gasteiger partial charge on any atom is -0.395 e. The molecular weight excluding hydrogens is 346 g/mol. The van der Waals surface area contributed by atoms with Crippen LogP contribution in [0.3, 0.4) is 0 Å². The Hall–Kier alpha value is -1.88. The molecular formula is C24H33N3O. The number of anilines is 1. The van der Waals surface area contributed by atoms with Crippen molar-refractivity contribution in [2.45, 2.75) is 18.8 Å². The average molecular weight is 380 g/mol. The quantitative estimate of drug-likeness (QED) is 0.836. The molecule has 0 radical (unpaired) electrons. The van der Waals surface area contributed by atoms with Gasteiger partial charge in [0.05, 0.1) is 6.61 Å². The lowest BCUT2D eigenvalue weighted by Gasteiger charge is -2.36. The number of rotatable bonds is 6. The molecule has 0 aliphatic carbocycles. The van der Waals surface area contributed by atoms with Gasteiger partial charge in [0, 0.05) is 64.0 Å². The van der Waals surface area contributed by atoms with Gasteiger partial charge in [-0.15, -0.1) is 0 Å². The largest absolute Gasteiger partial charge is 0.395 e. The smallest absolute Gasteiger partial charge is 0.0558 e. The van der Waals surface area contributed by atoms with Gasteiger partial charge in [-0.3, -0.25) is 9.80 Å². The maximum Gasteiger partial charge on any atom is 0.0558 e. The van der Waals surface area contributed by atoms with E-state index < -0.39 is 0 Å². The molecule has 4 heteroatoms. The van der Waals surface area contributed by atoms with E-state index in [1.807, 2.05) is 0 Å². The zero-order valence-electron chi connectivity index (χ0n) is 16.8. The lowest BCUT2D eigenvalue weighted by molar-refractivity contribution is 0.114. The number of fused-ring (bicyclic) bond motifs is 1. The van der Waals surface area contributed by atoms with Crippen LogP contribution in [0.4, 0.5) is 5.69 Å². The molecule has 2 heterocycles. The average Bonchev–Trinajstić information content (AvgIpc) is 2.94. The number of β-amino-alcohol motifs (C(OH)–C–C–N with tert-alkyl or cyclic N) is 1. The molecule has 0 spiro atoms. The monoisotopic (exact) mass is 379 g/mol. The van der Waals surface area contributed by atoms with Crippen molar-refractivity contribution in [2.24, 2.45) is 0 Å². The molecule has 28 heavy (non-hydrogen) atoms. The van der Waals surface area contributed by atoms with E-state index in [9.17, 15) is 0 Å². The first kappa shape index (κ1) is 19.4. The van der Waals surface area contributed by atoms with Gasteiger partial charge in [-0.25, -0.2) is 0 Å². The lowest BCUT2D eigenvalue weighted by atomic mass is 9.93. The molecule has 2 aromatic rings. The standard InChI is InChI=1S/C24H33N3O/c28-19-18-26-14-12-25(13-15-26)16-17-27-20-23(21-6-2-1-3-7-21)11-10-22-8-4-5-9-24(22)27/h1-9,23,28H,10-20H2. The van der Waals surface area contributed by atoms with Crippen molar-refractivity contribution in [1.29, 1.82) is 0 Å². The first-order valence-electron chi connectivity index (χ1n) is 10.8. The Morgan fingerprint density at radius 1 is 0.786 bits per heavy atom. The van der Waals surface area contributed by atoms with E-state index >= 15 is 0 Å². The third-order valence-corrected chi connectivity index (χ3v) is 6.37. The van der Waals surface area contributed by atoms with Gasteiger partial charge in [0.2, 0.25) is 0 Å². The second-order valence-corrected chi connectivity index (χ2v) is 8.13. The van der Waals surface area contributed by atoms with Crippen LogP contribution in [-0.4, -0.2) is 73.9 Å². The van der Waals surface area contributed by atoms with Crippen molar-refractivity contribution in [3.63, 3.8) is 0 Å². The van der Waals surface area contributed by atoms with Crippen molar-refractivity contribution in [1.82, 2.24) is 9.80 Å². The SMILES string of the molecule is OCCN1CCN(CCN2CC(c3ccccc3)CCc3ccccc32)CC1. The van der Waals surface area contributed by atoms with Crippen LogP contribution < -0.4 is 4.90 Å². The van der Waals surface area contributed by atoms with Gasteiger partial charge in [0.25, 0.3) is 0 Å². The number of aryl methyl sites for hydroxylation is 1. The van der Waals surface area contributed by atoms with E-state index in [4.69, 9.17) is 5.11 Å². The highest BCUT2D eigenvalue weighted by Gasteiger charge is 2.24. The third-order valence-electron chi connectivity index (χ3n) is 6.37. The molecule has 0 saturated carbocycles. The van der Waals surface area contributed by atoms with Gasteiger partial charge in [-0.05, 0) is 30.0 Å². The van der Waals surface area contributed by atoms with Crippen LogP contribution >= 0.6 is 0 Å². The number of hydrogen-bond acceptors (Lipinski definition) is 4. The van der Waals surface area contributed by atoms with Gasteiger partial charge in [-0.1, -0.05) is 48.5 Å².